The highest BCUT2D eigenvalue weighted by atomic mass is 32.2. The maximum atomic E-state index is 12.3. The minimum absolute atomic E-state index is 0.0205. The molecule has 0 saturated carbocycles. The molecule has 3 nitrogen and oxygen atoms in total. The summed E-state index contributed by atoms with van der Waals surface area (Å²) in [6.45, 7) is 7.16. The third-order valence-electron chi connectivity index (χ3n) is 3.75. The molecule has 1 fully saturated rings. The molecule has 1 heterocycles. The van der Waals surface area contributed by atoms with E-state index in [1.54, 1.807) is 11.8 Å². The van der Waals surface area contributed by atoms with Gasteiger partial charge in [0.25, 0.3) is 0 Å². The standard InChI is InChI=1S/C16H24N2OS/c1-11(2)9-10-18-15(17-12(3)16(18)19)13-5-7-14(20-4)8-6-13/h5-8,11-12,15,17H,9-10H2,1-4H3. The number of benzene rings is 1. The second kappa shape index (κ2) is 6.64. The van der Waals surface area contributed by atoms with Crippen LogP contribution in [-0.4, -0.2) is 29.6 Å². The molecule has 2 rings (SSSR count). The molecule has 4 heteroatoms. The van der Waals surface area contributed by atoms with Crippen LogP contribution in [0.4, 0.5) is 0 Å². The normalized spacial score (nSPS) is 22.9. The first-order chi connectivity index (χ1) is 9.52. The number of carbonyl (C=O) groups is 1. The summed E-state index contributed by atoms with van der Waals surface area (Å²) < 4.78 is 0. The van der Waals surface area contributed by atoms with Crippen molar-refractivity contribution in [1.29, 1.82) is 0 Å². The molecule has 0 bridgehead atoms. The monoisotopic (exact) mass is 292 g/mol. The Kier molecular flexibility index (Phi) is 5.11. The first-order valence-electron chi connectivity index (χ1n) is 7.23. The van der Waals surface area contributed by atoms with E-state index < -0.39 is 0 Å². The zero-order chi connectivity index (χ0) is 14.7. The van der Waals surface area contributed by atoms with Crippen molar-refractivity contribution >= 4 is 17.7 Å². The molecule has 110 valence electrons. The fraction of sp³-hybridized carbons (Fsp3) is 0.562. The van der Waals surface area contributed by atoms with Crippen molar-refractivity contribution in [2.24, 2.45) is 5.92 Å². The van der Waals surface area contributed by atoms with Crippen LogP contribution in [0, 0.1) is 5.92 Å². The van der Waals surface area contributed by atoms with Gasteiger partial charge in [-0.15, -0.1) is 11.8 Å². The van der Waals surface area contributed by atoms with Crippen LogP contribution < -0.4 is 5.32 Å². The SMILES string of the molecule is CSc1ccc(C2NC(C)C(=O)N2CCC(C)C)cc1. The molecule has 1 aromatic rings. The average Bonchev–Trinajstić information content (AvgIpc) is 2.72. The molecule has 2 unspecified atom stereocenters. The first kappa shape index (κ1) is 15.4. The number of amides is 1. The van der Waals surface area contributed by atoms with Gasteiger partial charge in [0.05, 0.1) is 6.04 Å². The molecule has 1 aromatic carbocycles. The molecule has 0 spiro atoms. The minimum Gasteiger partial charge on any atom is -0.322 e. The van der Waals surface area contributed by atoms with E-state index in [-0.39, 0.29) is 18.1 Å². The number of nitrogens with zero attached hydrogens (tertiary/aromatic N) is 1. The lowest BCUT2D eigenvalue weighted by molar-refractivity contribution is -0.130. The molecule has 1 aliphatic heterocycles. The summed E-state index contributed by atoms with van der Waals surface area (Å²) in [5.74, 6) is 0.822. The Morgan fingerprint density at radius 3 is 2.50 bits per heavy atom. The second-order valence-electron chi connectivity index (χ2n) is 5.78. The summed E-state index contributed by atoms with van der Waals surface area (Å²) >= 11 is 1.74. The smallest absolute Gasteiger partial charge is 0.241 e. The number of rotatable bonds is 5. The molecular weight excluding hydrogens is 268 g/mol. The zero-order valence-electron chi connectivity index (χ0n) is 12.7. The van der Waals surface area contributed by atoms with Gasteiger partial charge >= 0.3 is 0 Å². The van der Waals surface area contributed by atoms with Gasteiger partial charge in [0, 0.05) is 11.4 Å². The molecule has 1 saturated heterocycles. The molecule has 0 aliphatic carbocycles. The summed E-state index contributed by atoms with van der Waals surface area (Å²) in [4.78, 5) is 15.5. The number of hydrogen-bond donors (Lipinski definition) is 1. The number of nitrogens with one attached hydrogen (secondary N) is 1. The van der Waals surface area contributed by atoms with Crippen LogP contribution in [0.2, 0.25) is 0 Å². The van der Waals surface area contributed by atoms with Gasteiger partial charge in [0.15, 0.2) is 0 Å². The van der Waals surface area contributed by atoms with E-state index in [9.17, 15) is 4.79 Å². The van der Waals surface area contributed by atoms with Crippen LogP contribution in [-0.2, 0) is 4.79 Å². The second-order valence-corrected chi connectivity index (χ2v) is 6.66. The molecule has 1 aliphatic rings. The zero-order valence-corrected chi connectivity index (χ0v) is 13.5. The predicted molar refractivity (Wildman–Crippen MR) is 84.7 cm³/mol. The topological polar surface area (TPSA) is 32.3 Å². The molecule has 20 heavy (non-hydrogen) atoms. The predicted octanol–water partition coefficient (Wildman–Crippen LogP) is 3.27. The Labute approximate surface area is 126 Å². The molecule has 0 radical (unpaired) electrons. The van der Waals surface area contributed by atoms with Gasteiger partial charge in [-0.1, -0.05) is 26.0 Å². The number of hydrogen-bond acceptors (Lipinski definition) is 3. The highest BCUT2D eigenvalue weighted by molar-refractivity contribution is 7.98. The van der Waals surface area contributed by atoms with Crippen molar-refractivity contribution in [3.05, 3.63) is 29.8 Å². The van der Waals surface area contributed by atoms with Crippen LogP contribution in [0.5, 0.6) is 0 Å². The molecule has 0 aromatic heterocycles. The highest BCUT2D eigenvalue weighted by Crippen LogP contribution is 2.27. The van der Waals surface area contributed by atoms with E-state index in [4.69, 9.17) is 0 Å². The van der Waals surface area contributed by atoms with Gasteiger partial charge < -0.3 is 4.90 Å². The van der Waals surface area contributed by atoms with E-state index in [1.807, 2.05) is 11.8 Å². The molecule has 1 N–H and O–H groups in total. The van der Waals surface area contributed by atoms with Crippen molar-refractivity contribution in [3.8, 4) is 0 Å². The third kappa shape index (κ3) is 3.36. The van der Waals surface area contributed by atoms with E-state index >= 15 is 0 Å². The summed E-state index contributed by atoms with van der Waals surface area (Å²) in [5.41, 5.74) is 1.17. The van der Waals surface area contributed by atoms with Crippen LogP contribution in [0.15, 0.2) is 29.2 Å². The van der Waals surface area contributed by atoms with E-state index in [1.165, 1.54) is 10.5 Å². The maximum Gasteiger partial charge on any atom is 0.241 e. The van der Waals surface area contributed by atoms with Gasteiger partial charge in [-0.3, -0.25) is 10.1 Å². The number of carbonyl (C=O) groups excluding carboxylic acids is 1. The fourth-order valence-corrected chi connectivity index (χ4v) is 2.88. The van der Waals surface area contributed by atoms with E-state index in [0.717, 1.165) is 13.0 Å². The summed E-state index contributed by atoms with van der Waals surface area (Å²) in [6, 6.07) is 8.40. The van der Waals surface area contributed by atoms with Gasteiger partial charge in [-0.25, -0.2) is 0 Å². The third-order valence-corrected chi connectivity index (χ3v) is 4.50. The maximum absolute atomic E-state index is 12.3. The Balaban J connectivity index is 2.16. The van der Waals surface area contributed by atoms with Crippen LogP contribution >= 0.6 is 11.8 Å². The van der Waals surface area contributed by atoms with Crippen molar-refractivity contribution in [2.45, 2.75) is 44.3 Å². The largest absolute Gasteiger partial charge is 0.322 e. The van der Waals surface area contributed by atoms with Gasteiger partial charge in [0.2, 0.25) is 5.91 Å². The Morgan fingerprint density at radius 2 is 1.95 bits per heavy atom. The van der Waals surface area contributed by atoms with Crippen LogP contribution in [0.1, 0.15) is 38.9 Å². The lowest BCUT2D eigenvalue weighted by atomic mass is 10.1. The summed E-state index contributed by atoms with van der Waals surface area (Å²) in [7, 11) is 0. The Hall–Kier alpha value is -1.00. The van der Waals surface area contributed by atoms with E-state index in [0.29, 0.717) is 5.92 Å². The quantitative estimate of drug-likeness (QED) is 0.845. The Morgan fingerprint density at radius 1 is 1.30 bits per heavy atom. The van der Waals surface area contributed by atoms with Crippen LogP contribution in [0.3, 0.4) is 0 Å². The lowest BCUT2D eigenvalue weighted by Crippen LogP contribution is -2.32. The number of thioether (sulfide) groups is 1. The van der Waals surface area contributed by atoms with E-state index in [2.05, 4.69) is 49.7 Å². The van der Waals surface area contributed by atoms with Crippen LogP contribution in [0.25, 0.3) is 0 Å². The Bertz CT molecular complexity index is 458. The molecule has 2 atom stereocenters. The molecule has 1 amide bonds. The van der Waals surface area contributed by atoms with Crippen molar-refractivity contribution in [1.82, 2.24) is 10.2 Å². The van der Waals surface area contributed by atoms with Crippen molar-refractivity contribution < 1.29 is 4.79 Å². The summed E-state index contributed by atoms with van der Waals surface area (Å²) in [6.07, 6.45) is 3.13. The molecular formula is C16H24N2OS. The van der Waals surface area contributed by atoms with Crippen molar-refractivity contribution in [3.63, 3.8) is 0 Å². The fourth-order valence-electron chi connectivity index (χ4n) is 2.47. The highest BCUT2D eigenvalue weighted by Gasteiger charge is 2.36. The van der Waals surface area contributed by atoms with Gasteiger partial charge in [0.1, 0.15) is 6.17 Å². The van der Waals surface area contributed by atoms with Gasteiger partial charge in [-0.2, -0.15) is 0 Å². The van der Waals surface area contributed by atoms with Crippen molar-refractivity contribution in [2.75, 3.05) is 12.8 Å². The average molecular weight is 292 g/mol. The van der Waals surface area contributed by atoms with Gasteiger partial charge in [-0.05, 0) is 43.2 Å². The minimum atomic E-state index is -0.0904. The summed E-state index contributed by atoms with van der Waals surface area (Å²) in [5, 5.41) is 3.40. The lowest BCUT2D eigenvalue weighted by Gasteiger charge is -2.25. The first-order valence-corrected chi connectivity index (χ1v) is 8.46.